The molecule has 0 saturated carbocycles. The fraction of sp³-hybridized carbons (Fsp3) is 0.545. The monoisotopic (exact) mass is 297 g/mol. The predicted molar refractivity (Wildman–Crippen MR) is 67.7 cm³/mol. The molecule has 1 fully saturated rings. The van der Waals surface area contributed by atoms with E-state index in [0.717, 1.165) is 13.1 Å². The van der Waals surface area contributed by atoms with E-state index < -0.39 is 23.9 Å². The van der Waals surface area contributed by atoms with Crippen molar-refractivity contribution in [3.63, 3.8) is 0 Å². The number of rotatable bonds is 7. The van der Waals surface area contributed by atoms with Gasteiger partial charge in [-0.05, 0) is 6.42 Å². The van der Waals surface area contributed by atoms with E-state index in [1.165, 1.54) is 6.20 Å². The molecular weight excluding hydrogens is 282 g/mol. The lowest BCUT2D eigenvalue weighted by Gasteiger charge is -2.26. The first-order valence-electron chi connectivity index (χ1n) is 6.35. The minimum absolute atomic E-state index is 0.00322. The Morgan fingerprint density at radius 1 is 1.43 bits per heavy atom. The molecule has 1 aromatic heterocycles. The summed E-state index contributed by atoms with van der Waals surface area (Å²) < 4.78 is 1.54. The molecule has 10 heteroatoms. The first-order chi connectivity index (χ1) is 9.97. The van der Waals surface area contributed by atoms with Gasteiger partial charge in [0.1, 0.15) is 6.04 Å². The Morgan fingerprint density at radius 3 is 2.67 bits per heavy atom. The Kier molecular flexibility index (Phi) is 4.48. The third kappa shape index (κ3) is 3.75. The molecule has 0 aromatic carbocycles. The van der Waals surface area contributed by atoms with Crippen LogP contribution in [0.15, 0.2) is 6.20 Å². The minimum atomic E-state index is -1.29. The summed E-state index contributed by atoms with van der Waals surface area (Å²) in [6, 6.07) is -1.13. The van der Waals surface area contributed by atoms with Crippen LogP contribution in [0, 0.1) is 0 Å². The quantitative estimate of drug-likeness (QED) is 0.474. The third-order valence-corrected chi connectivity index (χ3v) is 3.13. The molecule has 1 atom stereocenters. The van der Waals surface area contributed by atoms with Crippen molar-refractivity contribution < 1.29 is 24.6 Å². The van der Waals surface area contributed by atoms with Gasteiger partial charge in [0.05, 0.1) is 12.2 Å². The van der Waals surface area contributed by atoms with Gasteiger partial charge in [0, 0.05) is 19.5 Å². The van der Waals surface area contributed by atoms with Gasteiger partial charge in [-0.2, -0.15) is 0 Å². The van der Waals surface area contributed by atoms with Crippen molar-refractivity contribution in [2.24, 2.45) is 0 Å². The van der Waals surface area contributed by atoms with Gasteiger partial charge in [0.15, 0.2) is 5.69 Å². The summed E-state index contributed by atoms with van der Waals surface area (Å²) in [7, 11) is 0. The Labute approximate surface area is 119 Å². The number of hydrogen-bond donors (Lipinski definition) is 4. The van der Waals surface area contributed by atoms with E-state index in [-0.39, 0.29) is 24.6 Å². The minimum Gasteiger partial charge on any atom is -0.481 e. The number of carbonyl (C=O) groups is 3. The Balaban J connectivity index is 1.95. The molecule has 1 aromatic rings. The number of carbonyl (C=O) groups excluding carboxylic acids is 1. The molecule has 1 aliphatic rings. The van der Waals surface area contributed by atoms with Crippen LogP contribution in [0.5, 0.6) is 0 Å². The molecule has 0 bridgehead atoms. The highest BCUT2D eigenvalue weighted by Gasteiger charge is 2.25. The summed E-state index contributed by atoms with van der Waals surface area (Å²) in [5, 5.41) is 30.3. The number of carboxylic acids is 2. The highest BCUT2D eigenvalue weighted by atomic mass is 16.4. The van der Waals surface area contributed by atoms with E-state index in [2.05, 4.69) is 20.9 Å². The normalized spacial score (nSPS) is 16.0. The van der Waals surface area contributed by atoms with E-state index in [9.17, 15) is 14.4 Å². The van der Waals surface area contributed by atoms with Crippen LogP contribution in [-0.2, 0) is 9.59 Å². The molecule has 0 aliphatic carbocycles. The van der Waals surface area contributed by atoms with Crippen LogP contribution >= 0.6 is 0 Å². The van der Waals surface area contributed by atoms with Gasteiger partial charge in [-0.3, -0.25) is 9.59 Å². The van der Waals surface area contributed by atoms with Crippen molar-refractivity contribution in [2.45, 2.75) is 24.9 Å². The predicted octanol–water partition coefficient (Wildman–Crippen LogP) is -1.53. The molecule has 0 unspecified atom stereocenters. The number of nitrogens with one attached hydrogen (secondary N) is 2. The van der Waals surface area contributed by atoms with Crippen LogP contribution in [-0.4, -0.2) is 62.2 Å². The van der Waals surface area contributed by atoms with Crippen molar-refractivity contribution in [1.82, 2.24) is 25.6 Å². The summed E-state index contributed by atoms with van der Waals surface area (Å²) in [5.74, 6) is -3.11. The van der Waals surface area contributed by atoms with Crippen LogP contribution in [0.4, 0.5) is 0 Å². The maximum absolute atomic E-state index is 11.9. The van der Waals surface area contributed by atoms with E-state index in [1.54, 1.807) is 4.68 Å². The van der Waals surface area contributed by atoms with Crippen molar-refractivity contribution in [3.8, 4) is 0 Å². The first kappa shape index (κ1) is 14.9. The van der Waals surface area contributed by atoms with E-state index in [0.29, 0.717) is 0 Å². The van der Waals surface area contributed by atoms with Crippen LogP contribution in [0.1, 0.15) is 29.4 Å². The molecule has 0 radical (unpaired) electrons. The van der Waals surface area contributed by atoms with Crippen molar-refractivity contribution in [2.75, 3.05) is 13.1 Å². The Morgan fingerprint density at radius 2 is 2.14 bits per heavy atom. The summed E-state index contributed by atoms with van der Waals surface area (Å²) in [6.07, 6.45) is 0.895. The largest absolute Gasteiger partial charge is 0.481 e. The zero-order valence-electron chi connectivity index (χ0n) is 11.0. The lowest BCUT2D eigenvalue weighted by molar-refractivity contribution is -0.140. The lowest BCUT2D eigenvalue weighted by Crippen LogP contribution is -2.43. The SMILES string of the molecule is O=C(O)CC[C@H](NC(=O)c1cn(C2CNC2)nn1)C(=O)O. The molecule has 21 heavy (non-hydrogen) atoms. The highest BCUT2D eigenvalue weighted by Crippen LogP contribution is 2.10. The fourth-order valence-electron chi connectivity index (χ4n) is 1.78. The first-order valence-corrected chi connectivity index (χ1v) is 6.35. The second-order valence-electron chi connectivity index (χ2n) is 4.69. The molecule has 4 N–H and O–H groups in total. The number of aromatic nitrogens is 3. The Hall–Kier alpha value is -2.49. The molecule has 1 amide bonds. The molecular formula is C11H15N5O5. The van der Waals surface area contributed by atoms with Gasteiger partial charge in [0.2, 0.25) is 0 Å². The van der Waals surface area contributed by atoms with Crippen LogP contribution in [0.3, 0.4) is 0 Å². The molecule has 1 saturated heterocycles. The smallest absolute Gasteiger partial charge is 0.326 e. The summed E-state index contributed by atoms with van der Waals surface area (Å²) in [5.41, 5.74) is 0.00322. The van der Waals surface area contributed by atoms with E-state index in [4.69, 9.17) is 10.2 Å². The summed E-state index contributed by atoms with van der Waals surface area (Å²) in [4.78, 5) is 33.3. The van der Waals surface area contributed by atoms with Gasteiger partial charge in [0.25, 0.3) is 5.91 Å². The second kappa shape index (κ2) is 6.31. The maximum atomic E-state index is 11.9. The number of nitrogens with zero attached hydrogens (tertiary/aromatic N) is 3. The zero-order valence-corrected chi connectivity index (χ0v) is 11.0. The standard InChI is InChI=1S/C11H15N5O5/c17-9(18)2-1-7(11(20)21)13-10(19)8-5-16(15-14-8)6-3-12-4-6/h5-7,12H,1-4H2,(H,13,19)(H,17,18)(H,20,21)/t7-/m0/s1. The number of amides is 1. The zero-order chi connectivity index (χ0) is 15.4. The van der Waals surface area contributed by atoms with Crippen molar-refractivity contribution in [3.05, 3.63) is 11.9 Å². The molecule has 10 nitrogen and oxygen atoms in total. The maximum Gasteiger partial charge on any atom is 0.326 e. The second-order valence-corrected chi connectivity index (χ2v) is 4.69. The fourth-order valence-corrected chi connectivity index (χ4v) is 1.78. The average molecular weight is 297 g/mol. The van der Waals surface area contributed by atoms with Crippen LogP contribution in [0.25, 0.3) is 0 Å². The van der Waals surface area contributed by atoms with Gasteiger partial charge >= 0.3 is 11.9 Å². The van der Waals surface area contributed by atoms with Gasteiger partial charge in [-0.25, -0.2) is 9.48 Å². The summed E-state index contributed by atoms with van der Waals surface area (Å²) >= 11 is 0. The molecule has 0 spiro atoms. The van der Waals surface area contributed by atoms with E-state index >= 15 is 0 Å². The van der Waals surface area contributed by atoms with Gasteiger partial charge < -0.3 is 20.8 Å². The molecule has 2 rings (SSSR count). The third-order valence-electron chi connectivity index (χ3n) is 3.13. The summed E-state index contributed by atoms with van der Waals surface area (Å²) in [6.45, 7) is 1.47. The van der Waals surface area contributed by atoms with Crippen molar-refractivity contribution >= 4 is 17.8 Å². The Bertz CT molecular complexity index is 553. The average Bonchev–Trinajstić information content (AvgIpc) is 2.80. The molecule has 2 heterocycles. The molecule has 114 valence electrons. The van der Waals surface area contributed by atoms with Gasteiger partial charge in [-0.15, -0.1) is 5.10 Å². The van der Waals surface area contributed by atoms with Crippen molar-refractivity contribution in [1.29, 1.82) is 0 Å². The van der Waals surface area contributed by atoms with Crippen LogP contribution in [0.2, 0.25) is 0 Å². The molecule has 1 aliphatic heterocycles. The number of aliphatic carboxylic acids is 2. The van der Waals surface area contributed by atoms with E-state index in [1.807, 2.05) is 0 Å². The topological polar surface area (TPSA) is 146 Å². The highest BCUT2D eigenvalue weighted by molar-refractivity contribution is 5.94. The lowest BCUT2D eigenvalue weighted by atomic mass is 10.1. The number of carboxylic acid groups (broad SMARTS) is 2. The van der Waals surface area contributed by atoms with Gasteiger partial charge in [-0.1, -0.05) is 5.21 Å². The van der Waals surface area contributed by atoms with Crippen LogP contribution < -0.4 is 10.6 Å². The number of hydrogen-bond acceptors (Lipinski definition) is 6.